The van der Waals surface area contributed by atoms with Gasteiger partial charge in [-0.3, -0.25) is 0 Å². The van der Waals surface area contributed by atoms with Crippen LogP contribution in [0.5, 0.6) is 0 Å². The van der Waals surface area contributed by atoms with Crippen molar-refractivity contribution in [3.63, 3.8) is 0 Å². The van der Waals surface area contributed by atoms with Crippen molar-refractivity contribution in [3.05, 3.63) is 182 Å². The molecule has 12 rings (SSSR count). The molecule has 58 heavy (non-hydrogen) atoms. The summed E-state index contributed by atoms with van der Waals surface area (Å²) in [5.41, 5.74) is 8.06. The van der Waals surface area contributed by atoms with Crippen molar-refractivity contribution in [1.29, 1.82) is 0 Å². The lowest BCUT2D eigenvalue weighted by molar-refractivity contribution is 1.07. The van der Waals surface area contributed by atoms with Crippen molar-refractivity contribution in [2.24, 2.45) is 0 Å². The Labute approximate surface area is 341 Å². The van der Waals surface area contributed by atoms with Gasteiger partial charge in [0.05, 0.1) is 11.2 Å². The van der Waals surface area contributed by atoms with Gasteiger partial charge in [0.1, 0.15) is 0 Å². The van der Waals surface area contributed by atoms with Gasteiger partial charge in [0.25, 0.3) is 0 Å². The zero-order chi connectivity index (χ0) is 38.2. The van der Waals surface area contributed by atoms with Crippen LogP contribution in [0.3, 0.4) is 0 Å². The van der Waals surface area contributed by atoms with Gasteiger partial charge < -0.3 is 0 Å². The maximum Gasteiger partial charge on any atom is 0.164 e. The molecule has 270 valence electrons. The number of thiophene rings is 2. The third-order valence-electron chi connectivity index (χ3n) is 11.1. The average molecular weight is 775 g/mol. The first kappa shape index (κ1) is 33.1. The van der Waals surface area contributed by atoms with Crippen LogP contribution in [0.1, 0.15) is 0 Å². The van der Waals surface area contributed by atoms with Crippen LogP contribution in [-0.4, -0.2) is 19.9 Å². The number of hydrogen-bond acceptors (Lipinski definition) is 6. The Kier molecular flexibility index (Phi) is 7.55. The van der Waals surface area contributed by atoms with Crippen LogP contribution in [0.2, 0.25) is 0 Å². The van der Waals surface area contributed by atoms with Crippen LogP contribution in [0.4, 0.5) is 0 Å². The monoisotopic (exact) mass is 774 g/mol. The van der Waals surface area contributed by atoms with Crippen molar-refractivity contribution in [1.82, 2.24) is 19.9 Å². The first-order valence-corrected chi connectivity index (χ1v) is 20.9. The Morgan fingerprint density at radius 2 is 0.828 bits per heavy atom. The smallest absolute Gasteiger partial charge is 0.164 e. The number of aromatic nitrogens is 4. The Balaban J connectivity index is 1.02. The molecule has 0 unspecified atom stereocenters. The van der Waals surface area contributed by atoms with Gasteiger partial charge >= 0.3 is 0 Å². The average Bonchev–Trinajstić information content (AvgIpc) is 3.87. The Bertz CT molecular complexity index is 3560. The highest BCUT2D eigenvalue weighted by molar-refractivity contribution is 7.26. The van der Waals surface area contributed by atoms with E-state index in [1.165, 1.54) is 45.7 Å². The van der Waals surface area contributed by atoms with Crippen LogP contribution < -0.4 is 0 Å². The van der Waals surface area contributed by atoms with E-state index in [1.807, 2.05) is 29.5 Å². The molecule has 0 fully saturated rings. The largest absolute Gasteiger partial charge is 0.246 e. The lowest BCUT2D eigenvalue weighted by Crippen LogP contribution is -2.00. The summed E-state index contributed by atoms with van der Waals surface area (Å²) in [5.74, 6) is 1.93. The van der Waals surface area contributed by atoms with Crippen molar-refractivity contribution in [3.8, 4) is 56.5 Å². The molecule has 12 aromatic rings. The third-order valence-corrected chi connectivity index (χ3v) is 13.4. The number of para-hydroxylation sites is 1. The first-order valence-electron chi connectivity index (χ1n) is 19.3. The summed E-state index contributed by atoms with van der Waals surface area (Å²) in [6.45, 7) is 0. The van der Waals surface area contributed by atoms with Crippen molar-refractivity contribution in [2.75, 3.05) is 0 Å². The van der Waals surface area contributed by atoms with Crippen molar-refractivity contribution in [2.45, 2.75) is 0 Å². The standard InChI is InChI=1S/C52H30N4S2/c1-3-12-32(13-4-1)48-41-28-29-44-47(39-17-8-10-21-43(39)57-44)46(41)40-19-11-18-36(49(40)53-48)31-22-24-34(25-23-31)51-54-50(33-14-5-2-6-15-33)55-52(56-51)35-26-27-38-37-16-7-9-20-42(37)58-45(38)30-35/h1-30H. The summed E-state index contributed by atoms with van der Waals surface area (Å²) in [6, 6.07) is 64.3. The zero-order valence-electron chi connectivity index (χ0n) is 30.9. The second-order valence-electron chi connectivity index (χ2n) is 14.5. The normalized spacial score (nSPS) is 11.8. The molecule has 0 spiro atoms. The second kappa shape index (κ2) is 13.2. The number of nitrogens with zero attached hydrogens (tertiary/aromatic N) is 4. The van der Waals surface area contributed by atoms with E-state index < -0.39 is 0 Å². The summed E-state index contributed by atoms with van der Waals surface area (Å²) in [4.78, 5) is 20.7. The minimum Gasteiger partial charge on any atom is -0.246 e. The molecule has 0 saturated heterocycles. The third kappa shape index (κ3) is 5.34. The van der Waals surface area contributed by atoms with Gasteiger partial charge in [-0.2, -0.15) is 0 Å². The molecular weight excluding hydrogens is 745 g/mol. The molecule has 0 saturated carbocycles. The van der Waals surface area contributed by atoms with Gasteiger partial charge in [0, 0.05) is 84.3 Å². The molecular formula is C52H30N4S2. The van der Waals surface area contributed by atoms with Crippen molar-refractivity contribution >= 4 is 84.7 Å². The van der Waals surface area contributed by atoms with Crippen molar-refractivity contribution < 1.29 is 0 Å². The Morgan fingerprint density at radius 3 is 1.59 bits per heavy atom. The molecule has 0 atom stereocenters. The summed E-state index contributed by atoms with van der Waals surface area (Å²) in [6.07, 6.45) is 0. The fraction of sp³-hybridized carbons (Fsp3) is 0. The topological polar surface area (TPSA) is 51.6 Å². The molecule has 0 aliphatic rings. The fourth-order valence-corrected chi connectivity index (χ4v) is 10.7. The van der Waals surface area contributed by atoms with Gasteiger partial charge in [-0.1, -0.05) is 158 Å². The molecule has 0 amide bonds. The molecule has 0 bridgehead atoms. The highest BCUT2D eigenvalue weighted by atomic mass is 32.1. The molecule has 0 aliphatic carbocycles. The van der Waals surface area contributed by atoms with Crippen LogP contribution >= 0.6 is 22.7 Å². The van der Waals surface area contributed by atoms with E-state index in [9.17, 15) is 0 Å². The predicted molar refractivity (Wildman–Crippen MR) is 246 cm³/mol. The van der Waals surface area contributed by atoms with E-state index in [4.69, 9.17) is 19.9 Å². The Morgan fingerprint density at radius 1 is 0.293 bits per heavy atom. The van der Waals surface area contributed by atoms with E-state index >= 15 is 0 Å². The molecule has 8 aromatic carbocycles. The van der Waals surface area contributed by atoms with Gasteiger partial charge in [-0.05, 0) is 29.8 Å². The molecule has 4 heterocycles. The summed E-state index contributed by atoms with van der Waals surface area (Å²) >= 11 is 3.65. The maximum absolute atomic E-state index is 5.50. The molecule has 4 aromatic heterocycles. The molecule has 4 nitrogen and oxygen atoms in total. The van der Waals surface area contributed by atoms with Crippen LogP contribution in [0, 0.1) is 0 Å². The number of pyridine rings is 1. The lowest BCUT2D eigenvalue weighted by Gasteiger charge is -2.15. The maximum atomic E-state index is 5.50. The number of hydrogen-bond donors (Lipinski definition) is 0. The minimum atomic E-state index is 0.631. The van der Waals surface area contributed by atoms with Crippen LogP contribution in [0.25, 0.3) is 119 Å². The van der Waals surface area contributed by atoms with Gasteiger partial charge in [-0.25, -0.2) is 19.9 Å². The van der Waals surface area contributed by atoms with E-state index in [0.717, 1.165) is 55.4 Å². The first-order chi connectivity index (χ1) is 28.7. The second-order valence-corrected chi connectivity index (χ2v) is 16.7. The molecule has 0 N–H and O–H groups in total. The summed E-state index contributed by atoms with van der Waals surface area (Å²) in [5, 5.41) is 8.65. The van der Waals surface area contributed by atoms with Gasteiger partial charge in [-0.15, -0.1) is 22.7 Å². The summed E-state index contributed by atoms with van der Waals surface area (Å²) < 4.78 is 5.06. The zero-order valence-corrected chi connectivity index (χ0v) is 32.6. The molecule has 0 radical (unpaired) electrons. The molecule has 6 heteroatoms. The fourth-order valence-electron chi connectivity index (χ4n) is 8.39. The predicted octanol–water partition coefficient (Wildman–Crippen LogP) is 14.6. The quantitative estimate of drug-likeness (QED) is 0.163. The lowest BCUT2D eigenvalue weighted by atomic mass is 9.93. The van der Waals surface area contributed by atoms with E-state index in [0.29, 0.717) is 17.5 Å². The minimum absolute atomic E-state index is 0.631. The van der Waals surface area contributed by atoms with E-state index in [2.05, 4.69) is 164 Å². The van der Waals surface area contributed by atoms with E-state index in [-0.39, 0.29) is 0 Å². The highest BCUT2D eigenvalue weighted by Gasteiger charge is 2.19. The van der Waals surface area contributed by atoms with Gasteiger partial charge in [0.15, 0.2) is 17.5 Å². The molecule has 0 aliphatic heterocycles. The van der Waals surface area contributed by atoms with Gasteiger partial charge in [0.2, 0.25) is 0 Å². The number of fused-ring (bicyclic) bond motifs is 10. The highest BCUT2D eigenvalue weighted by Crippen LogP contribution is 2.45. The number of rotatable bonds is 5. The van der Waals surface area contributed by atoms with E-state index in [1.54, 1.807) is 11.3 Å². The Hall–Kier alpha value is -7.12. The van der Waals surface area contributed by atoms with Crippen LogP contribution in [-0.2, 0) is 0 Å². The SMILES string of the molecule is c1ccc(-c2nc(-c3ccc(-c4cccc5c4nc(-c4ccccc4)c4ccc6sc7ccccc7c6c45)cc3)nc(-c3ccc4c(c3)sc3ccccc34)n2)cc1. The van der Waals surface area contributed by atoms with Crippen LogP contribution in [0.15, 0.2) is 182 Å². The summed E-state index contributed by atoms with van der Waals surface area (Å²) in [7, 11) is 0. The number of benzene rings is 8.